The minimum absolute atomic E-state index is 0.117. The van der Waals surface area contributed by atoms with Gasteiger partial charge in [0.15, 0.2) is 5.16 Å². The molecule has 1 amide bonds. The molecule has 1 saturated carbocycles. The van der Waals surface area contributed by atoms with Crippen LogP contribution in [0.3, 0.4) is 0 Å². The van der Waals surface area contributed by atoms with Crippen molar-refractivity contribution in [1.82, 2.24) is 14.1 Å². The fraction of sp³-hybridized carbons (Fsp3) is 0.625. The molecule has 8 heteroatoms. The molecule has 2 aliphatic rings. The van der Waals surface area contributed by atoms with E-state index in [4.69, 9.17) is 9.72 Å². The van der Waals surface area contributed by atoms with Crippen molar-refractivity contribution in [2.75, 3.05) is 17.7 Å². The Morgan fingerprint density at radius 1 is 1.19 bits per heavy atom. The van der Waals surface area contributed by atoms with Gasteiger partial charge in [0.2, 0.25) is 5.91 Å². The van der Waals surface area contributed by atoms with E-state index < -0.39 is 0 Å². The maximum Gasteiger partial charge on any atom is 0.235 e. The summed E-state index contributed by atoms with van der Waals surface area (Å²) in [5.74, 6) is 0.736. The Morgan fingerprint density at radius 2 is 1.94 bits per heavy atom. The minimum Gasteiger partial charge on any atom is -0.376 e. The van der Waals surface area contributed by atoms with E-state index in [1.165, 1.54) is 43.1 Å². The van der Waals surface area contributed by atoms with E-state index in [0.29, 0.717) is 24.0 Å². The Balaban J connectivity index is 1.50. The average molecular weight is 456 g/mol. The van der Waals surface area contributed by atoms with Crippen LogP contribution in [0, 0.1) is 39.0 Å². The van der Waals surface area contributed by atoms with Crippen molar-refractivity contribution in [3.63, 3.8) is 0 Å². The van der Waals surface area contributed by atoms with Gasteiger partial charge in [-0.2, -0.15) is 5.26 Å². The Morgan fingerprint density at radius 3 is 2.59 bits per heavy atom. The van der Waals surface area contributed by atoms with Crippen LogP contribution in [0.4, 0.5) is 5.82 Å². The first-order valence-electron chi connectivity index (χ1n) is 11.6. The third-order valence-corrected chi connectivity index (χ3v) is 7.94. The number of imidazole rings is 1. The number of ether oxygens (including phenoxy) is 1. The van der Waals surface area contributed by atoms with Gasteiger partial charge in [0, 0.05) is 24.0 Å². The fourth-order valence-corrected chi connectivity index (χ4v) is 5.90. The van der Waals surface area contributed by atoms with E-state index >= 15 is 0 Å². The van der Waals surface area contributed by atoms with Gasteiger partial charge in [0.05, 0.1) is 29.7 Å². The third-order valence-electron chi connectivity index (χ3n) is 6.99. The molecule has 0 radical (unpaired) electrons. The van der Waals surface area contributed by atoms with E-state index in [1.54, 1.807) is 0 Å². The summed E-state index contributed by atoms with van der Waals surface area (Å²) in [6.45, 7) is 9.52. The minimum atomic E-state index is -0.117. The molecule has 7 nitrogen and oxygen atoms in total. The predicted octanol–water partition coefficient (Wildman–Crippen LogP) is 4.81. The molecule has 2 aromatic heterocycles. The van der Waals surface area contributed by atoms with Crippen molar-refractivity contribution in [3.8, 4) is 6.07 Å². The molecule has 1 saturated heterocycles. The molecule has 2 fully saturated rings. The molecule has 0 unspecified atom stereocenters. The van der Waals surface area contributed by atoms with Crippen molar-refractivity contribution >= 4 is 23.5 Å². The predicted molar refractivity (Wildman–Crippen MR) is 126 cm³/mol. The summed E-state index contributed by atoms with van der Waals surface area (Å²) in [5, 5.41) is 13.7. The smallest absolute Gasteiger partial charge is 0.235 e. The highest BCUT2D eigenvalue weighted by Crippen LogP contribution is 2.35. The van der Waals surface area contributed by atoms with Crippen LogP contribution in [0.1, 0.15) is 72.8 Å². The van der Waals surface area contributed by atoms with Crippen LogP contribution in [0.2, 0.25) is 0 Å². The average Bonchev–Trinajstić information content (AvgIpc) is 3.55. The van der Waals surface area contributed by atoms with Gasteiger partial charge in [-0.3, -0.25) is 4.79 Å². The molecular formula is C24H33N5O2S. The number of amides is 1. The van der Waals surface area contributed by atoms with Crippen LogP contribution in [0.5, 0.6) is 0 Å². The number of anilines is 1. The van der Waals surface area contributed by atoms with Crippen molar-refractivity contribution in [2.24, 2.45) is 0 Å². The van der Waals surface area contributed by atoms with Crippen molar-refractivity contribution in [3.05, 3.63) is 28.2 Å². The van der Waals surface area contributed by atoms with Gasteiger partial charge in [-0.1, -0.05) is 24.6 Å². The molecule has 1 aliphatic heterocycles. The molecule has 4 rings (SSSR count). The van der Waals surface area contributed by atoms with Crippen molar-refractivity contribution < 1.29 is 9.53 Å². The highest BCUT2D eigenvalue weighted by Gasteiger charge is 2.26. The Bertz CT molecular complexity index is 1040. The molecule has 32 heavy (non-hydrogen) atoms. The lowest BCUT2D eigenvalue weighted by Gasteiger charge is -2.18. The Hall–Kier alpha value is -2.24. The van der Waals surface area contributed by atoms with Crippen LogP contribution in [-0.2, 0) is 16.1 Å². The first kappa shape index (κ1) is 22.9. The maximum absolute atomic E-state index is 13.0. The largest absolute Gasteiger partial charge is 0.376 e. The number of hydrogen-bond donors (Lipinski definition) is 1. The number of aromatic nitrogens is 3. The summed E-state index contributed by atoms with van der Waals surface area (Å²) in [5.41, 5.74) is 4.68. The van der Waals surface area contributed by atoms with Crippen molar-refractivity contribution in [2.45, 2.75) is 90.1 Å². The quantitative estimate of drug-likeness (QED) is 0.605. The van der Waals surface area contributed by atoms with Crippen LogP contribution in [0.15, 0.2) is 5.16 Å². The molecule has 172 valence electrons. The second kappa shape index (κ2) is 9.72. The first-order valence-corrected chi connectivity index (χ1v) is 12.6. The highest BCUT2D eigenvalue weighted by atomic mass is 32.2. The standard InChI is InChI=1S/C24H33N5O2S/c1-15-17(3)28(13-20-10-7-11-31-20)23(21(15)12-25)27-22(30)14-32-24-26-16(2)18(4)29(24)19-8-5-6-9-19/h19-20H,5-11,13-14H2,1-4H3,(H,27,30)/t20-/m1/s1. The number of hydrogen-bond acceptors (Lipinski definition) is 5. The highest BCUT2D eigenvalue weighted by molar-refractivity contribution is 7.99. The number of aryl methyl sites for hydroxylation is 1. The summed E-state index contributed by atoms with van der Waals surface area (Å²) in [6, 6.07) is 2.77. The summed E-state index contributed by atoms with van der Waals surface area (Å²) in [6.07, 6.45) is 7.05. The summed E-state index contributed by atoms with van der Waals surface area (Å²) in [4.78, 5) is 17.7. The van der Waals surface area contributed by atoms with Gasteiger partial charge in [-0.25, -0.2) is 4.98 Å². The lowest BCUT2D eigenvalue weighted by Crippen LogP contribution is -2.22. The van der Waals surface area contributed by atoms with Gasteiger partial charge in [-0.05, 0) is 58.9 Å². The normalized spacial score (nSPS) is 18.9. The fourth-order valence-electron chi connectivity index (χ4n) is 4.94. The zero-order valence-electron chi connectivity index (χ0n) is 19.5. The number of carbonyl (C=O) groups excluding carboxylic acids is 1. The number of carbonyl (C=O) groups is 1. The second-order valence-corrected chi connectivity index (χ2v) is 9.94. The third kappa shape index (κ3) is 4.46. The molecule has 0 spiro atoms. The van der Waals surface area contributed by atoms with Gasteiger partial charge in [0.25, 0.3) is 0 Å². The molecule has 0 aromatic carbocycles. The zero-order valence-corrected chi connectivity index (χ0v) is 20.3. The van der Waals surface area contributed by atoms with E-state index in [2.05, 4.69) is 22.9 Å². The number of nitrogens with one attached hydrogen (secondary N) is 1. The lowest BCUT2D eigenvalue weighted by molar-refractivity contribution is -0.113. The van der Waals surface area contributed by atoms with Crippen LogP contribution < -0.4 is 5.32 Å². The second-order valence-electron chi connectivity index (χ2n) is 9.00. The Labute approximate surface area is 194 Å². The van der Waals surface area contributed by atoms with E-state index in [-0.39, 0.29) is 17.8 Å². The van der Waals surface area contributed by atoms with Crippen LogP contribution in [0.25, 0.3) is 0 Å². The van der Waals surface area contributed by atoms with Crippen molar-refractivity contribution in [1.29, 1.82) is 5.26 Å². The Kier molecular flexibility index (Phi) is 6.96. The van der Waals surface area contributed by atoms with E-state index in [9.17, 15) is 10.1 Å². The topological polar surface area (TPSA) is 84.9 Å². The molecule has 1 atom stereocenters. The number of rotatable bonds is 7. The molecule has 3 heterocycles. The zero-order chi connectivity index (χ0) is 22.8. The van der Waals surface area contributed by atoms with Gasteiger partial charge < -0.3 is 19.2 Å². The first-order chi connectivity index (χ1) is 15.4. The molecule has 1 N–H and O–H groups in total. The summed E-state index contributed by atoms with van der Waals surface area (Å²) >= 11 is 1.48. The number of nitrogens with zero attached hydrogens (tertiary/aromatic N) is 4. The van der Waals surface area contributed by atoms with Gasteiger partial charge in [0.1, 0.15) is 11.9 Å². The molecule has 1 aliphatic carbocycles. The van der Waals surface area contributed by atoms with Crippen LogP contribution >= 0.6 is 11.8 Å². The molecule has 0 bridgehead atoms. The number of thioether (sulfide) groups is 1. The van der Waals surface area contributed by atoms with E-state index in [1.807, 2.05) is 25.3 Å². The molecule has 2 aromatic rings. The van der Waals surface area contributed by atoms with Crippen LogP contribution in [-0.4, -0.2) is 38.5 Å². The number of nitriles is 1. The lowest BCUT2D eigenvalue weighted by atomic mass is 10.2. The van der Waals surface area contributed by atoms with Gasteiger partial charge in [-0.15, -0.1) is 0 Å². The maximum atomic E-state index is 13.0. The summed E-state index contributed by atoms with van der Waals surface area (Å²) in [7, 11) is 0. The molecular weight excluding hydrogens is 422 g/mol. The summed E-state index contributed by atoms with van der Waals surface area (Å²) < 4.78 is 10.2. The monoisotopic (exact) mass is 455 g/mol. The SMILES string of the molecule is Cc1nc(SCC(=O)Nc2c(C#N)c(C)c(C)n2C[C@H]2CCCO2)n(C2CCCC2)c1C. The van der Waals surface area contributed by atoms with Gasteiger partial charge >= 0.3 is 0 Å². The van der Waals surface area contributed by atoms with E-state index in [0.717, 1.165) is 41.6 Å².